The third-order valence-electron chi connectivity index (χ3n) is 4.01. The van der Waals surface area contributed by atoms with Crippen LogP contribution in [0.25, 0.3) is 0 Å². The van der Waals surface area contributed by atoms with Crippen molar-refractivity contribution in [2.75, 3.05) is 13.6 Å². The third kappa shape index (κ3) is 5.14. The Kier molecular flexibility index (Phi) is 6.52. The Morgan fingerprint density at radius 1 is 1.17 bits per heavy atom. The highest BCUT2D eigenvalue weighted by atomic mass is 32.1. The van der Waals surface area contributed by atoms with E-state index in [9.17, 15) is 9.18 Å². The molecule has 1 aromatic carbocycles. The van der Waals surface area contributed by atoms with Gasteiger partial charge in [-0.1, -0.05) is 18.2 Å². The number of benzene rings is 1. The van der Waals surface area contributed by atoms with Gasteiger partial charge < -0.3 is 4.90 Å². The van der Waals surface area contributed by atoms with Crippen LogP contribution in [0, 0.1) is 12.7 Å². The second-order valence-corrected chi connectivity index (χ2v) is 7.72. The van der Waals surface area contributed by atoms with Crippen LogP contribution in [0.2, 0.25) is 0 Å². The van der Waals surface area contributed by atoms with Crippen LogP contribution >= 0.6 is 11.3 Å². The van der Waals surface area contributed by atoms with Crippen molar-refractivity contribution in [2.45, 2.75) is 39.9 Å². The maximum absolute atomic E-state index is 13.7. The van der Waals surface area contributed by atoms with Gasteiger partial charge in [-0.15, -0.1) is 11.3 Å². The molecule has 2 aromatic rings. The van der Waals surface area contributed by atoms with Crippen molar-refractivity contribution in [2.24, 2.45) is 0 Å². The molecular weight excluding hydrogens is 323 g/mol. The molecule has 130 valence electrons. The Morgan fingerprint density at radius 3 is 2.46 bits per heavy atom. The molecule has 0 saturated heterocycles. The van der Waals surface area contributed by atoms with Gasteiger partial charge in [0, 0.05) is 41.5 Å². The Bertz CT molecular complexity index is 684. The van der Waals surface area contributed by atoms with Crippen molar-refractivity contribution in [3.05, 3.63) is 57.5 Å². The first-order valence-electron chi connectivity index (χ1n) is 8.13. The van der Waals surface area contributed by atoms with E-state index in [4.69, 9.17) is 0 Å². The van der Waals surface area contributed by atoms with Gasteiger partial charge in [0.1, 0.15) is 5.82 Å². The van der Waals surface area contributed by atoms with Crippen LogP contribution in [0.4, 0.5) is 4.39 Å². The van der Waals surface area contributed by atoms with E-state index in [-0.39, 0.29) is 24.3 Å². The quantitative estimate of drug-likeness (QED) is 0.753. The molecule has 1 heterocycles. The maximum atomic E-state index is 13.7. The molecule has 0 aliphatic rings. The molecule has 0 unspecified atom stereocenters. The lowest BCUT2D eigenvalue weighted by molar-refractivity contribution is -0.132. The van der Waals surface area contributed by atoms with E-state index in [0.29, 0.717) is 12.1 Å². The van der Waals surface area contributed by atoms with Crippen LogP contribution in [0.1, 0.15) is 29.2 Å². The molecule has 2 rings (SSSR count). The molecule has 0 aliphatic heterocycles. The zero-order valence-corrected chi connectivity index (χ0v) is 15.6. The Morgan fingerprint density at radius 2 is 1.88 bits per heavy atom. The fourth-order valence-electron chi connectivity index (χ4n) is 2.46. The van der Waals surface area contributed by atoms with E-state index < -0.39 is 0 Å². The normalized spacial score (nSPS) is 11.3. The molecule has 3 nitrogen and oxygen atoms in total. The van der Waals surface area contributed by atoms with Gasteiger partial charge in [0.2, 0.25) is 5.91 Å². The lowest BCUT2D eigenvalue weighted by atomic mass is 10.2. The first kappa shape index (κ1) is 18.6. The van der Waals surface area contributed by atoms with Crippen LogP contribution in [0.15, 0.2) is 36.4 Å². The van der Waals surface area contributed by atoms with Gasteiger partial charge in [0.25, 0.3) is 0 Å². The van der Waals surface area contributed by atoms with Crippen LogP contribution in [0.3, 0.4) is 0 Å². The van der Waals surface area contributed by atoms with E-state index in [1.54, 1.807) is 41.5 Å². The summed E-state index contributed by atoms with van der Waals surface area (Å²) >= 11 is 1.76. The summed E-state index contributed by atoms with van der Waals surface area (Å²) in [4.78, 5) is 18.8. The zero-order chi connectivity index (χ0) is 17.7. The van der Waals surface area contributed by atoms with Gasteiger partial charge in [-0.3, -0.25) is 9.69 Å². The SMILES string of the molecule is Cc1ccc(CN(CC(=O)N(C)Cc2ccccc2F)C(C)C)s1. The summed E-state index contributed by atoms with van der Waals surface area (Å²) in [5.74, 6) is -0.271. The summed E-state index contributed by atoms with van der Waals surface area (Å²) < 4.78 is 13.7. The number of rotatable bonds is 7. The van der Waals surface area contributed by atoms with Gasteiger partial charge >= 0.3 is 0 Å². The fraction of sp³-hybridized carbons (Fsp3) is 0.421. The van der Waals surface area contributed by atoms with Crippen molar-refractivity contribution in [3.63, 3.8) is 0 Å². The summed E-state index contributed by atoms with van der Waals surface area (Å²) in [5.41, 5.74) is 0.540. The van der Waals surface area contributed by atoms with Gasteiger partial charge in [-0.2, -0.15) is 0 Å². The van der Waals surface area contributed by atoms with Gasteiger partial charge in [0.05, 0.1) is 6.54 Å². The van der Waals surface area contributed by atoms with E-state index in [1.165, 1.54) is 15.8 Å². The number of hydrogen-bond acceptors (Lipinski definition) is 3. The molecule has 0 atom stereocenters. The first-order chi connectivity index (χ1) is 11.4. The molecule has 5 heteroatoms. The Balaban J connectivity index is 1.98. The van der Waals surface area contributed by atoms with Crippen LogP contribution in [-0.4, -0.2) is 35.3 Å². The highest BCUT2D eigenvalue weighted by Crippen LogP contribution is 2.18. The minimum atomic E-state index is -0.271. The van der Waals surface area contributed by atoms with Crippen LogP contribution in [0.5, 0.6) is 0 Å². The monoisotopic (exact) mass is 348 g/mol. The van der Waals surface area contributed by atoms with E-state index in [2.05, 4.69) is 37.8 Å². The van der Waals surface area contributed by atoms with Crippen molar-refractivity contribution in [3.8, 4) is 0 Å². The Labute approximate surface area is 147 Å². The summed E-state index contributed by atoms with van der Waals surface area (Å²) in [7, 11) is 1.72. The summed E-state index contributed by atoms with van der Waals surface area (Å²) in [6, 6.07) is 11.1. The van der Waals surface area contributed by atoms with Crippen molar-refractivity contribution < 1.29 is 9.18 Å². The topological polar surface area (TPSA) is 23.6 Å². The highest BCUT2D eigenvalue weighted by Gasteiger charge is 2.18. The second kappa shape index (κ2) is 8.40. The summed E-state index contributed by atoms with van der Waals surface area (Å²) in [5, 5.41) is 0. The largest absolute Gasteiger partial charge is 0.340 e. The minimum absolute atomic E-state index is 0.000214. The van der Waals surface area contributed by atoms with Crippen molar-refractivity contribution >= 4 is 17.2 Å². The van der Waals surface area contributed by atoms with Gasteiger partial charge in [-0.05, 0) is 39.0 Å². The van der Waals surface area contributed by atoms with Crippen molar-refractivity contribution in [1.82, 2.24) is 9.80 Å². The lowest BCUT2D eigenvalue weighted by Crippen LogP contribution is -2.40. The molecule has 1 amide bonds. The first-order valence-corrected chi connectivity index (χ1v) is 8.95. The minimum Gasteiger partial charge on any atom is -0.340 e. The molecule has 24 heavy (non-hydrogen) atoms. The number of likely N-dealkylation sites (N-methyl/N-ethyl adjacent to an activating group) is 1. The summed E-state index contributed by atoms with van der Waals surface area (Å²) in [6.07, 6.45) is 0. The average molecular weight is 348 g/mol. The maximum Gasteiger partial charge on any atom is 0.236 e. The van der Waals surface area contributed by atoms with Crippen LogP contribution in [-0.2, 0) is 17.9 Å². The standard InChI is InChI=1S/C19H25FN2OS/c1-14(2)22(12-17-10-9-15(3)24-17)13-19(23)21(4)11-16-7-5-6-8-18(16)20/h5-10,14H,11-13H2,1-4H3. The molecule has 0 spiro atoms. The number of thiophene rings is 1. The predicted molar refractivity (Wildman–Crippen MR) is 97.5 cm³/mol. The molecule has 0 aliphatic carbocycles. The molecule has 0 fully saturated rings. The highest BCUT2D eigenvalue weighted by molar-refractivity contribution is 7.11. The van der Waals surface area contributed by atoms with E-state index >= 15 is 0 Å². The fourth-order valence-corrected chi connectivity index (χ4v) is 3.37. The zero-order valence-electron chi connectivity index (χ0n) is 14.8. The number of hydrogen-bond donors (Lipinski definition) is 0. The third-order valence-corrected chi connectivity index (χ3v) is 5.00. The van der Waals surface area contributed by atoms with E-state index in [0.717, 1.165) is 6.54 Å². The van der Waals surface area contributed by atoms with Gasteiger partial charge in [-0.25, -0.2) is 4.39 Å². The summed E-state index contributed by atoms with van der Waals surface area (Å²) in [6.45, 7) is 7.64. The van der Waals surface area contributed by atoms with Gasteiger partial charge in [0.15, 0.2) is 0 Å². The van der Waals surface area contributed by atoms with Crippen molar-refractivity contribution in [1.29, 1.82) is 0 Å². The Hall–Kier alpha value is -1.72. The lowest BCUT2D eigenvalue weighted by Gasteiger charge is -2.28. The molecule has 0 bridgehead atoms. The molecular formula is C19H25FN2OS. The number of aryl methyl sites for hydroxylation is 1. The molecule has 0 saturated carbocycles. The predicted octanol–water partition coefficient (Wildman–Crippen LogP) is 4.06. The van der Waals surface area contributed by atoms with Crippen LogP contribution < -0.4 is 0 Å². The molecule has 1 aromatic heterocycles. The number of nitrogens with zero attached hydrogens (tertiary/aromatic N) is 2. The molecule has 0 N–H and O–H groups in total. The average Bonchev–Trinajstić information content (AvgIpc) is 2.93. The number of amides is 1. The number of carbonyl (C=O) groups is 1. The van der Waals surface area contributed by atoms with E-state index in [1.807, 2.05) is 0 Å². The smallest absolute Gasteiger partial charge is 0.236 e. The number of carbonyl (C=O) groups excluding carboxylic acids is 1. The number of halogens is 1. The second-order valence-electron chi connectivity index (χ2n) is 6.35. The molecule has 0 radical (unpaired) electrons.